The smallest absolute Gasteiger partial charge is 0.212 e. The van der Waals surface area contributed by atoms with Crippen LogP contribution in [0.2, 0.25) is 0 Å². The Bertz CT molecular complexity index is 1490. The number of fused-ring (bicyclic) bond motifs is 1. The maximum atomic E-state index is 14.2. The number of hydrogen-bond donors (Lipinski definition) is 1. The Morgan fingerprint density at radius 3 is 2.47 bits per heavy atom. The Balaban J connectivity index is 1.46. The van der Waals surface area contributed by atoms with Gasteiger partial charge >= 0.3 is 0 Å². The van der Waals surface area contributed by atoms with Crippen LogP contribution in [0.5, 0.6) is 0 Å². The van der Waals surface area contributed by atoms with Gasteiger partial charge in [-0.3, -0.25) is 14.7 Å². The van der Waals surface area contributed by atoms with Crippen LogP contribution < -0.4 is 4.90 Å². The van der Waals surface area contributed by atoms with E-state index >= 15 is 0 Å². The van der Waals surface area contributed by atoms with Crippen LogP contribution in [0.1, 0.15) is 29.9 Å². The average Bonchev–Trinajstić information content (AvgIpc) is 3.38. The quantitative estimate of drug-likeness (QED) is 0.367. The zero-order chi connectivity index (χ0) is 27.0. The molecule has 0 radical (unpaired) electrons. The highest BCUT2D eigenvalue weighted by molar-refractivity contribution is 6.02. The van der Waals surface area contributed by atoms with Crippen molar-refractivity contribution in [3.8, 4) is 11.3 Å². The Labute approximate surface area is 216 Å². The Hall–Kier alpha value is -3.90. The van der Waals surface area contributed by atoms with Gasteiger partial charge in [-0.2, -0.15) is 5.10 Å². The minimum absolute atomic E-state index is 0.0643. The third-order valence-electron chi connectivity index (χ3n) is 6.43. The highest BCUT2D eigenvalue weighted by Gasteiger charge is 2.28. The van der Waals surface area contributed by atoms with Crippen LogP contribution in [0, 0.1) is 11.6 Å². The van der Waals surface area contributed by atoms with Gasteiger partial charge in [0.25, 0.3) is 0 Å². The molecule has 0 saturated carbocycles. The SMILES string of the molecule is CC(C)(O)C(=O)c1cc2nc(N3CCN(Cc4ccc(F)cc4F)CC3)c(-c3cnn(CF)c3)nc2cn1. The third-order valence-corrected chi connectivity index (χ3v) is 6.43. The summed E-state index contributed by atoms with van der Waals surface area (Å²) < 4.78 is 41.8. The van der Waals surface area contributed by atoms with Crippen molar-refractivity contribution in [3.05, 3.63) is 65.7 Å². The van der Waals surface area contributed by atoms with Gasteiger partial charge in [-0.15, -0.1) is 0 Å². The van der Waals surface area contributed by atoms with Gasteiger partial charge in [0.1, 0.15) is 34.1 Å². The molecule has 1 fully saturated rings. The molecule has 38 heavy (non-hydrogen) atoms. The predicted molar refractivity (Wildman–Crippen MR) is 134 cm³/mol. The number of aromatic nitrogens is 5. The summed E-state index contributed by atoms with van der Waals surface area (Å²) in [4.78, 5) is 30.4. The van der Waals surface area contributed by atoms with Crippen molar-refractivity contribution in [3.63, 3.8) is 0 Å². The number of piperazine rings is 1. The molecule has 198 valence electrons. The fourth-order valence-corrected chi connectivity index (χ4v) is 4.36. The van der Waals surface area contributed by atoms with Gasteiger partial charge < -0.3 is 10.0 Å². The van der Waals surface area contributed by atoms with Crippen LogP contribution in [0.4, 0.5) is 19.0 Å². The van der Waals surface area contributed by atoms with Crippen molar-refractivity contribution >= 4 is 22.6 Å². The molecular formula is C26H26F3N7O2. The summed E-state index contributed by atoms with van der Waals surface area (Å²) >= 11 is 0. The van der Waals surface area contributed by atoms with E-state index in [0.29, 0.717) is 66.4 Å². The molecule has 0 bridgehead atoms. The molecule has 0 atom stereocenters. The summed E-state index contributed by atoms with van der Waals surface area (Å²) in [6.45, 7) is 4.56. The molecule has 0 unspecified atom stereocenters. The minimum Gasteiger partial charge on any atom is -0.382 e. The number of nitrogens with zero attached hydrogens (tertiary/aromatic N) is 7. The molecule has 0 aliphatic carbocycles. The monoisotopic (exact) mass is 525 g/mol. The van der Waals surface area contributed by atoms with Gasteiger partial charge in [-0.05, 0) is 26.0 Å². The van der Waals surface area contributed by atoms with Crippen LogP contribution in [-0.2, 0) is 13.3 Å². The molecular weight excluding hydrogens is 499 g/mol. The highest BCUT2D eigenvalue weighted by atomic mass is 19.1. The van der Waals surface area contributed by atoms with Crippen LogP contribution in [-0.4, -0.2) is 72.3 Å². The minimum atomic E-state index is -1.60. The highest BCUT2D eigenvalue weighted by Crippen LogP contribution is 2.31. The number of hydrogen-bond acceptors (Lipinski definition) is 8. The van der Waals surface area contributed by atoms with Crippen LogP contribution in [0.3, 0.4) is 0 Å². The number of Topliss-reactive ketones (excluding diaryl/α,β-unsaturated/α-hetero) is 1. The molecule has 5 rings (SSSR count). The molecule has 1 aliphatic rings. The van der Waals surface area contributed by atoms with Gasteiger partial charge in [-0.1, -0.05) is 6.07 Å². The summed E-state index contributed by atoms with van der Waals surface area (Å²) in [5.41, 5.74) is 0.779. The first-order valence-corrected chi connectivity index (χ1v) is 12.1. The molecule has 4 heterocycles. The van der Waals surface area contributed by atoms with E-state index in [9.17, 15) is 23.1 Å². The van der Waals surface area contributed by atoms with Crippen LogP contribution in [0.25, 0.3) is 22.3 Å². The van der Waals surface area contributed by atoms with E-state index in [1.807, 2.05) is 4.90 Å². The molecule has 1 aromatic carbocycles. The zero-order valence-corrected chi connectivity index (χ0v) is 20.9. The second-order valence-electron chi connectivity index (χ2n) is 9.73. The second kappa shape index (κ2) is 10.1. The topological polar surface area (TPSA) is 100 Å². The van der Waals surface area contributed by atoms with E-state index in [2.05, 4.69) is 15.0 Å². The summed E-state index contributed by atoms with van der Waals surface area (Å²) in [6.07, 6.45) is 4.46. The largest absolute Gasteiger partial charge is 0.382 e. The number of carbonyl (C=O) groups excluding carboxylic acids is 1. The predicted octanol–water partition coefficient (Wildman–Crippen LogP) is 3.37. The zero-order valence-electron chi connectivity index (χ0n) is 20.9. The lowest BCUT2D eigenvalue weighted by molar-refractivity contribution is 0.0482. The maximum Gasteiger partial charge on any atom is 0.212 e. The molecule has 1 aliphatic heterocycles. The summed E-state index contributed by atoms with van der Waals surface area (Å²) in [7, 11) is 0. The first-order chi connectivity index (χ1) is 18.1. The molecule has 0 amide bonds. The molecule has 0 spiro atoms. The lowest BCUT2D eigenvalue weighted by Crippen LogP contribution is -2.46. The van der Waals surface area contributed by atoms with E-state index < -0.39 is 29.8 Å². The van der Waals surface area contributed by atoms with Gasteiger partial charge in [0, 0.05) is 56.1 Å². The van der Waals surface area contributed by atoms with E-state index in [-0.39, 0.29) is 5.69 Å². The number of pyridine rings is 1. The first-order valence-electron chi connectivity index (χ1n) is 12.1. The van der Waals surface area contributed by atoms with Gasteiger partial charge in [0.05, 0.1) is 17.9 Å². The number of aliphatic hydroxyl groups is 1. The standard InChI is InChI=1S/C26H26F3N7O2/c1-26(2,38)24(37)21-10-20-22(12-30-21)32-23(17-11-31-36(14-17)15-27)25(33-20)35-7-5-34(6-8-35)13-16-3-4-18(28)9-19(16)29/h3-4,9-12,14,38H,5-8,13,15H2,1-2H3. The van der Waals surface area contributed by atoms with E-state index in [0.717, 1.165) is 10.7 Å². The summed E-state index contributed by atoms with van der Waals surface area (Å²) in [5.74, 6) is -1.21. The van der Waals surface area contributed by atoms with Crippen molar-refractivity contribution < 1.29 is 23.1 Å². The van der Waals surface area contributed by atoms with Crippen molar-refractivity contribution in [1.29, 1.82) is 0 Å². The Morgan fingerprint density at radius 1 is 1.05 bits per heavy atom. The first kappa shape index (κ1) is 25.7. The average molecular weight is 526 g/mol. The number of benzene rings is 1. The molecule has 1 saturated heterocycles. The van der Waals surface area contributed by atoms with Crippen molar-refractivity contribution in [2.75, 3.05) is 31.1 Å². The number of ketones is 1. The number of rotatable bonds is 7. The summed E-state index contributed by atoms with van der Waals surface area (Å²) in [6, 6.07) is 5.07. The molecule has 3 aromatic heterocycles. The lowest BCUT2D eigenvalue weighted by Gasteiger charge is -2.36. The van der Waals surface area contributed by atoms with E-state index in [1.54, 1.807) is 0 Å². The summed E-state index contributed by atoms with van der Waals surface area (Å²) in [5, 5.41) is 14.1. The molecule has 12 heteroatoms. The number of carbonyl (C=O) groups is 1. The normalized spacial score (nSPS) is 14.8. The van der Waals surface area contributed by atoms with Gasteiger partial charge in [0.2, 0.25) is 5.78 Å². The second-order valence-corrected chi connectivity index (χ2v) is 9.73. The molecule has 1 N–H and O–H groups in total. The Kier molecular flexibility index (Phi) is 6.84. The van der Waals surface area contributed by atoms with Gasteiger partial charge in [-0.25, -0.2) is 27.8 Å². The van der Waals surface area contributed by atoms with E-state index in [4.69, 9.17) is 9.97 Å². The molecule has 9 nitrogen and oxygen atoms in total. The van der Waals surface area contributed by atoms with Gasteiger partial charge in [0.15, 0.2) is 12.6 Å². The Morgan fingerprint density at radius 2 is 1.82 bits per heavy atom. The number of anilines is 1. The lowest BCUT2D eigenvalue weighted by atomic mass is 10.0. The maximum absolute atomic E-state index is 14.2. The van der Waals surface area contributed by atoms with Crippen molar-refractivity contribution in [2.24, 2.45) is 0 Å². The van der Waals surface area contributed by atoms with Crippen LogP contribution in [0.15, 0.2) is 42.9 Å². The number of halogens is 3. The van der Waals surface area contributed by atoms with Crippen LogP contribution >= 0.6 is 0 Å². The van der Waals surface area contributed by atoms with Crippen molar-refractivity contribution in [2.45, 2.75) is 32.8 Å². The fourth-order valence-electron chi connectivity index (χ4n) is 4.36. The molecule has 4 aromatic rings. The van der Waals surface area contributed by atoms with E-state index in [1.165, 1.54) is 50.6 Å². The third kappa shape index (κ3) is 5.22. The van der Waals surface area contributed by atoms with Crippen molar-refractivity contribution in [1.82, 2.24) is 29.6 Å². The number of alkyl halides is 1. The fraction of sp³-hybridized carbons (Fsp3) is 0.346.